The lowest BCUT2D eigenvalue weighted by Gasteiger charge is -2.36. The molecule has 0 fully saturated rings. The Morgan fingerprint density at radius 2 is 1.15 bits per heavy atom. The maximum Gasteiger partial charge on any atom is 0.339 e. The molecule has 0 aliphatic carbocycles. The minimum Gasteiger partial charge on any atom is -0.478 e. The van der Waals surface area contributed by atoms with Crippen molar-refractivity contribution in [1.29, 1.82) is 0 Å². The smallest absolute Gasteiger partial charge is 0.339 e. The van der Waals surface area contributed by atoms with Crippen LogP contribution in [0.25, 0.3) is 0 Å². The predicted molar refractivity (Wildman–Crippen MR) is 257 cm³/mol. The average molecular weight is 917 g/mol. The van der Waals surface area contributed by atoms with E-state index in [0.717, 1.165) is 21.6 Å². The van der Waals surface area contributed by atoms with E-state index >= 15 is 0 Å². The van der Waals surface area contributed by atoms with Gasteiger partial charge in [-0.1, -0.05) is 87.7 Å². The largest absolute Gasteiger partial charge is 0.478 e. The molecule has 0 radical (unpaired) electrons. The van der Waals surface area contributed by atoms with Crippen molar-refractivity contribution in [3.05, 3.63) is 190 Å². The van der Waals surface area contributed by atoms with E-state index in [1.54, 1.807) is 79.3 Å². The van der Waals surface area contributed by atoms with Crippen molar-refractivity contribution in [3.63, 3.8) is 0 Å². The quantitative estimate of drug-likeness (QED) is 0.121. The van der Waals surface area contributed by atoms with Crippen LogP contribution in [-0.2, 0) is 20.3 Å². The number of carbonyl (C=O) groups excluding carboxylic acids is 2. The molecule has 0 spiro atoms. The average Bonchev–Trinajstić information content (AvgIpc) is 3.31. The van der Waals surface area contributed by atoms with E-state index in [2.05, 4.69) is 85.6 Å². The molecule has 1 atom stereocenters. The van der Waals surface area contributed by atoms with Crippen molar-refractivity contribution >= 4 is 47.4 Å². The number of aromatic carboxylic acids is 2. The van der Waals surface area contributed by atoms with E-state index in [-0.39, 0.29) is 33.8 Å². The number of ether oxygens (including phenoxy) is 2. The predicted octanol–water partition coefficient (Wildman–Crippen LogP) is 11.0. The number of carbonyl (C=O) groups is 4. The molecule has 334 valence electrons. The summed E-state index contributed by atoms with van der Waals surface area (Å²) in [5.74, 6) is 11.0. The van der Waals surface area contributed by atoms with Crippen molar-refractivity contribution in [2.75, 3.05) is 12.4 Å². The van der Waals surface area contributed by atoms with Crippen LogP contribution in [0.2, 0.25) is 0 Å². The van der Waals surface area contributed by atoms with Crippen molar-refractivity contribution in [2.45, 2.75) is 73.5 Å². The number of fused-ring (bicyclic) bond motifs is 2. The van der Waals surface area contributed by atoms with Gasteiger partial charge in [0, 0.05) is 39.7 Å². The van der Waals surface area contributed by atoms with Gasteiger partial charge in [0.25, 0.3) is 0 Å². The van der Waals surface area contributed by atoms with Crippen LogP contribution >= 0.6 is 23.5 Å². The van der Waals surface area contributed by atoms with E-state index < -0.39 is 11.9 Å². The Morgan fingerprint density at radius 3 is 1.67 bits per heavy atom. The van der Waals surface area contributed by atoms with E-state index in [0.29, 0.717) is 41.1 Å². The summed E-state index contributed by atoms with van der Waals surface area (Å²) in [5.41, 5.74) is 6.71. The first kappa shape index (κ1) is 48.3. The molecule has 4 heterocycles. The van der Waals surface area contributed by atoms with Gasteiger partial charge in [-0.05, 0) is 138 Å². The van der Waals surface area contributed by atoms with Crippen LogP contribution in [-0.4, -0.2) is 61.9 Å². The minimum atomic E-state index is -1.01. The molecule has 2 aliphatic heterocycles. The molecule has 10 nitrogen and oxygen atoms in total. The summed E-state index contributed by atoms with van der Waals surface area (Å²) in [6.07, 6.45) is 4.68. The zero-order valence-corrected chi connectivity index (χ0v) is 38.8. The molecule has 0 amide bonds. The normalized spacial score (nSPS) is 14.7. The second kappa shape index (κ2) is 22.2. The summed E-state index contributed by atoms with van der Waals surface area (Å²) in [6, 6.07) is 36.3. The lowest BCUT2D eigenvalue weighted by atomic mass is 9.80. The molecular formula is C54H48N2O8S2. The lowest BCUT2D eigenvalue weighted by Crippen LogP contribution is -2.31. The number of hydrogen-bond acceptors (Lipinski definition) is 10. The molecule has 0 saturated heterocycles. The SMILES string of the molecule is CC1(C)CC(OC(=O)c2ccccc2)Sc2ccc(C#Cc3ccc(C(=O)O)cn3)cc21.CCOC(=O)c1ccc(C#Cc2ccc3c(c2)C(C)(C)CCS3)nc1.O=C(O)c1ccccc1. The highest BCUT2D eigenvalue weighted by molar-refractivity contribution is 8.00. The molecule has 6 aromatic rings. The molecular weight excluding hydrogens is 869 g/mol. The van der Waals surface area contributed by atoms with E-state index in [9.17, 15) is 19.2 Å². The number of rotatable bonds is 6. The van der Waals surface area contributed by atoms with Crippen LogP contribution in [0.4, 0.5) is 0 Å². The first-order valence-corrected chi connectivity index (χ1v) is 23.0. The van der Waals surface area contributed by atoms with Gasteiger partial charge in [0.2, 0.25) is 0 Å². The fraction of sp³-hybridized carbons (Fsp3) is 0.222. The van der Waals surface area contributed by atoms with Crippen molar-refractivity contribution in [3.8, 4) is 23.7 Å². The second-order valence-corrected chi connectivity index (χ2v) is 18.7. The fourth-order valence-corrected chi connectivity index (χ4v) is 9.86. The molecule has 2 N–H and O–H groups in total. The molecule has 0 bridgehead atoms. The zero-order chi connectivity index (χ0) is 47.3. The number of carboxylic acids is 2. The molecule has 12 heteroatoms. The van der Waals surface area contributed by atoms with Gasteiger partial charge in [0.05, 0.1) is 28.9 Å². The number of aromatic nitrogens is 2. The number of carboxylic acid groups (broad SMARTS) is 2. The number of nitrogens with zero attached hydrogens (tertiary/aromatic N) is 2. The second-order valence-electron chi connectivity index (χ2n) is 16.4. The van der Waals surface area contributed by atoms with Crippen molar-refractivity contribution in [2.24, 2.45) is 0 Å². The third-order valence-electron chi connectivity index (χ3n) is 10.6. The van der Waals surface area contributed by atoms with Gasteiger partial charge < -0.3 is 19.7 Å². The summed E-state index contributed by atoms with van der Waals surface area (Å²) in [7, 11) is 0. The first-order chi connectivity index (χ1) is 31.6. The van der Waals surface area contributed by atoms with Gasteiger partial charge in [0.1, 0.15) is 11.4 Å². The number of benzene rings is 4. The fourth-order valence-electron chi connectivity index (χ4n) is 6.84. The van der Waals surface area contributed by atoms with E-state index in [1.807, 2.05) is 42.1 Å². The maximum atomic E-state index is 12.5. The number of esters is 2. The molecule has 0 saturated carbocycles. The van der Waals surface area contributed by atoms with Gasteiger partial charge in [-0.3, -0.25) is 0 Å². The van der Waals surface area contributed by atoms with Crippen molar-refractivity contribution in [1.82, 2.24) is 9.97 Å². The van der Waals surface area contributed by atoms with E-state index in [1.165, 1.54) is 41.1 Å². The number of pyridine rings is 2. The lowest BCUT2D eigenvalue weighted by molar-refractivity contribution is 0.0414. The third kappa shape index (κ3) is 13.2. The van der Waals surface area contributed by atoms with Crippen LogP contribution in [0.1, 0.15) is 123 Å². The van der Waals surface area contributed by atoms with Gasteiger partial charge in [0.15, 0.2) is 5.44 Å². The number of hydrogen-bond donors (Lipinski definition) is 2. The summed E-state index contributed by atoms with van der Waals surface area (Å²) >= 11 is 3.47. The maximum absolute atomic E-state index is 12.5. The molecule has 2 aliphatic rings. The molecule has 1 unspecified atom stereocenters. The first-order valence-electron chi connectivity index (χ1n) is 21.1. The van der Waals surface area contributed by atoms with Gasteiger partial charge in [-0.15, -0.1) is 11.8 Å². The Hall–Kier alpha value is -7.12. The molecule has 8 rings (SSSR count). The highest BCUT2D eigenvalue weighted by Gasteiger charge is 2.36. The van der Waals surface area contributed by atoms with E-state index in [4.69, 9.17) is 19.7 Å². The Morgan fingerprint density at radius 1 is 0.621 bits per heavy atom. The van der Waals surface area contributed by atoms with Gasteiger partial charge in [-0.25, -0.2) is 29.1 Å². The molecule has 2 aromatic heterocycles. The summed E-state index contributed by atoms with van der Waals surface area (Å²) in [6.45, 7) is 11.0. The van der Waals surface area contributed by atoms with Crippen LogP contribution < -0.4 is 0 Å². The van der Waals surface area contributed by atoms with Crippen molar-refractivity contribution < 1.29 is 38.9 Å². The van der Waals surface area contributed by atoms with Gasteiger partial charge >= 0.3 is 23.9 Å². The number of thioether (sulfide) groups is 2. The Balaban J connectivity index is 0.000000187. The molecule has 4 aromatic carbocycles. The Bertz CT molecular complexity index is 2820. The third-order valence-corrected chi connectivity index (χ3v) is 12.8. The Labute approximate surface area is 393 Å². The van der Waals surface area contributed by atoms with Crippen LogP contribution in [0, 0.1) is 23.7 Å². The summed E-state index contributed by atoms with van der Waals surface area (Å²) in [4.78, 5) is 56.0. The van der Waals surface area contributed by atoms with Crippen LogP contribution in [0.5, 0.6) is 0 Å². The Kier molecular flexibility index (Phi) is 16.2. The van der Waals surface area contributed by atoms with Gasteiger partial charge in [-0.2, -0.15) is 0 Å². The summed E-state index contributed by atoms with van der Waals surface area (Å²) < 4.78 is 10.7. The topological polar surface area (TPSA) is 153 Å². The zero-order valence-electron chi connectivity index (χ0n) is 37.2. The highest BCUT2D eigenvalue weighted by atomic mass is 32.2. The molecule has 66 heavy (non-hydrogen) atoms. The van der Waals surface area contributed by atoms with Crippen LogP contribution in [0.3, 0.4) is 0 Å². The monoisotopic (exact) mass is 916 g/mol. The minimum absolute atomic E-state index is 0.130. The van der Waals surface area contributed by atoms with Crippen LogP contribution in [0.15, 0.2) is 144 Å². The standard InChI is InChI=1S/C26H21NO4S.C21H21NO2S.C7H6O2/c1-26(2)15-23(31-25(30)18-6-4-3-5-7-18)32-22-13-9-17(14-21(22)26)8-11-20-12-10-19(16-27-20)24(28)29;1-4-24-20(23)16-7-9-17(22-14-16)8-5-15-6-10-19-18(13-15)21(2,3)11-12-25-19;8-7(9)6-4-2-1-3-5-6/h3-7,9-10,12-14,16,23H,15H2,1-2H3,(H,28,29);6-7,9-10,13-14H,4,11-12H2,1-3H3;1-5H,(H,8,9). The highest BCUT2D eigenvalue weighted by Crippen LogP contribution is 2.46. The summed E-state index contributed by atoms with van der Waals surface area (Å²) in [5, 5.41) is 17.3.